The van der Waals surface area contributed by atoms with Gasteiger partial charge in [0.2, 0.25) is 0 Å². The highest BCUT2D eigenvalue weighted by Crippen LogP contribution is 2.35. The summed E-state index contributed by atoms with van der Waals surface area (Å²) >= 11 is 0. The average molecular weight is 307 g/mol. The Balaban J connectivity index is 1.55. The quantitative estimate of drug-likeness (QED) is 0.520. The smallest absolute Gasteiger partial charge is 0.254 e. The number of nitrogens with zero attached hydrogens (tertiary/aromatic N) is 1. The van der Waals surface area contributed by atoms with Crippen LogP contribution in [0.1, 0.15) is 60.1 Å². The van der Waals surface area contributed by atoms with E-state index in [0.29, 0.717) is 0 Å². The zero-order valence-electron chi connectivity index (χ0n) is 13.9. The van der Waals surface area contributed by atoms with E-state index in [1.54, 1.807) is 0 Å². The van der Waals surface area contributed by atoms with Gasteiger partial charge in [-0.3, -0.25) is 4.79 Å². The van der Waals surface area contributed by atoms with Crippen LogP contribution in [-0.4, -0.2) is 17.4 Å². The summed E-state index contributed by atoms with van der Waals surface area (Å²) in [5.74, 6) is 0.149. The molecule has 120 valence electrons. The molecule has 1 atom stereocenters. The molecule has 2 aromatic carbocycles. The molecule has 1 amide bonds. The van der Waals surface area contributed by atoms with E-state index in [-0.39, 0.29) is 11.9 Å². The summed E-state index contributed by atoms with van der Waals surface area (Å²) in [6, 6.07) is 18.7. The van der Waals surface area contributed by atoms with Gasteiger partial charge in [-0.2, -0.15) is 0 Å². The molecule has 2 nitrogen and oxygen atoms in total. The molecule has 0 spiro atoms. The van der Waals surface area contributed by atoms with E-state index in [0.717, 1.165) is 18.5 Å². The molecule has 1 heterocycles. The summed E-state index contributed by atoms with van der Waals surface area (Å²) in [5.41, 5.74) is 3.37. The first-order valence-electron chi connectivity index (χ1n) is 8.74. The van der Waals surface area contributed by atoms with Gasteiger partial charge in [0.15, 0.2) is 0 Å². The Morgan fingerprint density at radius 3 is 2.43 bits per heavy atom. The van der Waals surface area contributed by atoms with Crippen molar-refractivity contribution in [2.45, 2.75) is 45.1 Å². The van der Waals surface area contributed by atoms with Crippen LogP contribution >= 0.6 is 0 Å². The lowest BCUT2D eigenvalue weighted by Gasteiger charge is -2.06. The highest BCUT2D eigenvalue weighted by molar-refractivity contribution is 5.96. The van der Waals surface area contributed by atoms with Gasteiger partial charge in [-0.15, -0.1) is 0 Å². The molecule has 0 aliphatic carbocycles. The first kappa shape index (κ1) is 15.8. The van der Waals surface area contributed by atoms with Gasteiger partial charge in [-0.1, -0.05) is 68.7 Å². The fourth-order valence-corrected chi connectivity index (χ4v) is 3.06. The van der Waals surface area contributed by atoms with Crippen molar-refractivity contribution in [1.82, 2.24) is 4.90 Å². The normalized spacial score (nSPS) is 16.4. The molecular weight excluding hydrogens is 282 g/mol. The molecule has 1 saturated heterocycles. The Morgan fingerprint density at radius 2 is 1.74 bits per heavy atom. The van der Waals surface area contributed by atoms with Gasteiger partial charge in [0.25, 0.3) is 5.91 Å². The predicted molar refractivity (Wildman–Crippen MR) is 94.5 cm³/mol. The van der Waals surface area contributed by atoms with Crippen molar-refractivity contribution in [3.8, 4) is 0 Å². The minimum Gasteiger partial charge on any atom is -0.327 e. The highest BCUT2D eigenvalue weighted by atomic mass is 16.2. The van der Waals surface area contributed by atoms with E-state index in [1.165, 1.54) is 36.8 Å². The van der Waals surface area contributed by atoms with Crippen LogP contribution in [0.25, 0.3) is 0 Å². The second-order valence-corrected chi connectivity index (χ2v) is 6.39. The van der Waals surface area contributed by atoms with Crippen molar-refractivity contribution in [1.29, 1.82) is 0 Å². The van der Waals surface area contributed by atoms with Crippen LogP contribution in [0, 0.1) is 0 Å². The Kier molecular flexibility index (Phi) is 5.12. The van der Waals surface area contributed by atoms with Crippen LogP contribution < -0.4 is 0 Å². The largest absolute Gasteiger partial charge is 0.327 e. The number of amides is 1. The Labute approximate surface area is 139 Å². The first-order chi connectivity index (χ1) is 11.3. The minimum absolute atomic E-state index is 0.149. The molecule has 0 bridgehead atoms. The van der Waals surface area contributed by atoms with Crippen LogP contribution in [0.4, 0.5) is 0 Å². The zero-order valence-corrected chi connectivity index (χ0v) is 13.9. The maximum absolute atomic E-state index is 12.5. The third-order valence-corrected chi connectivity index (χ3v) is 4.58. The van der Waals surface area contributed by atoms with Gasteiger partial charge in [-0.05, 0) is 36.1 Å². The first-order valence-corrected chi connectivity index (χ1v) is 8.74. The lowest BCUT2D eigenvalue weighted by atomic mass is 10.0. The van der Waals surface area contributed by atoms with E-state index in [1.807, 2.05) is 35.2 Å². The van der Waals surface area contributed by atoms with Crippen molar-refractivity contribution >= 4 is 5.91 Å². The summed E-state index contributed by atoms with van der Waals surface area (Å²) in [6.45, 7) is 3.07. The van der Waals surface area contributed by atoms with E-state index < -0.39 is 0 Å². The number of unbranched alkanes of at least 4 members (excludes halogenated alkanes) is 3. The van der Waals surface area contributed by atoms with Gasteiger partial charge in [0, 0.05) is 12.1 Å². The predicted octanol–water partition coefficient (Wildman–Crippen LogP) is 5.01. The molecule has 2 aromatic rings. The van der Waals surface area contributed by atoms with Crippen molar-refractivity contribution in [2.24, 2.45) is 0 Å². The molecule has 1 fully saturated rings. The van der Waals surface area contributed by atoms with Gasteiger partial charge < -0.3 is 4.90 Å². The van der Waals surface area contributed by atoms with Crippen LogP contribution in [-0.2, 0) is 6.42 Å². The Bertz CT molecular complexity index is 633. The van der Waals surface area contributed by atoms with E-state index in [9.17, 15) is 4.79 Å². The summed E-state index contributed by atoms with van der Waals surface area (Å²) in [5, 5.41) is 0. The van der Waals surface area contributed by atoms with Gasteiger partial charge in [0.1, 0.15) is 0 Å². The number of carbonyl (C=O) groups excluding carboxylic acids is 1. The SMILES string of the molecule is CCCCCCc1ccc(C(=O)N2CC2c2ccccc2)cc1. The number of rotatable bonds is 7. The fraction of sp³-hybridized carbons (Fsp3) is 0.381. The van der Waals surface area contributed by atoms with Crippen LogP contribution in [0.2, 0.25) is 0 Å². The third-order valence-electron chi connectivity index (χ3n) is 4.58. The van der Waals surface area contributed by atoms with E-state index in [2.05, 4.69) is 31.2 Å². The molecule has 23 heavy (non-hydrogen) atoms. The van der Waals surface area contributed by atoms with Gasteiger partial charge >= 0.3 is 0 Å². The van der Waals surface area contributed by atoms with Gasteiger partial charge in [0.05, 0.1) is 6.04 Å². The molecular formula is C21H25NO. The maximum atomic E-state index is 12.5. The number of aryl methyl sites for hydroxylation is 1. The number of hydrogen-bond acceptors (Lipinski definition) is 1. The third kappa shape index (κ3) is 4.01. The number of carbonyl (C=O) groups is 1. The summed E-state index contributed by atoms with van der Waals surface area (Å²) in [6.07, 6.45) is 6.23. The van der Waals surface area contributed by atoms with Crippen molar-refractivity contribution < 1.29 is 4.79 Å². The highest BCUT2D eigenvalue weighted by Gasteiger charge is 2.39. The average Bonchev–Trinajstić information content (AvgIpc) is 3.40. The van der Waals surface area contributed by atoms with Crippen LogP contribution in [0.3, 0.4) is 0 Å². The van der Waals surface area contributed by atoms with E-state index in [4.69, 9.17) is 0 Å². The van der Waals surface area contributed by atoms with Crippen molar-refractivity contribution in [3.05, 3.63) is 71.3 Å². The fourth-order valence-electron chi connectivity index (χ4n) is 3.06. The lowest BCUT2D eigenvalue weighted by molar-refractivity contribution is 0.0874. The monoisotopic (exact) mass is 307 g/mol. The summed E-state index contributed by atoms with van der Waals surface area (Å²) < 4.78 is 0. The molecule has 0 radical (unpaired) electrons. The van der Waals surface area contributed by atoms with Crippen LogP contribution in [0.15, 0.2) is 54.6 Å². The number of benzene rings is 2. The van der Waals surface area contributed by atoms with E-state index >= 15 is 0 Å². The molecule has 0 aromatic heterocycles. The Morgan fingerprint density at radius 1 is 1.00 bits per heavy atom. The standard InChI is InChI=1S/C21H25NO/c1-2-3-4-6-9-17-12-14-19(15-13-17)21(23)22-16-20(22)18-10-7-5-8-11-18/h5,7-8,10-15,20H,2-4,6,9,16H2,1H3. The second kappa shape index (κ2) is 7.45. The zero-order chi connectivity index (χ0) is 16.1. The molecule has 1 aliphatic heterocycles. The molecule has 0 saturated carbocycles. The lowest BCUT2D eigenvalue weighted by Crippen LogP contribution is -2.11. The maximum Gasteiger partial charge on any atom is 0.254 e. The Hall–Kier alpha value is -2.09. The molecule has 0 N–H and O–H groups in total. The number of hydrogen-bond donors (Lipinski definition) is 0. The topological polar surface area (TPSA) is 20.1 Å². The van der Waals surface area contributed by atoms with Crippen LogP contribution in [0.5, 0.6) is 0 Å². The molecule has 1 unspecified atom stereocenters. The summed E-state index contributed by atoms with van der Waals surface area (Å²) in [7, 11) is 0. The van der Waals surface area contributed by atoms with Crippen molar-refractivity contribution in [2.75, 3.05) is 6.54 Å². The summed E-state index contributed by atoms with van der Waals surface area (Å²) in [4.78, 5) is 14.5. The minimum atomic E-state index is 0.149. The molecule has 1 aliphatic rings. The second-order valence-electron chi connectivity index (χ2n) is 6.39. The van der Waals surface area contributed by atoms with Gasteiger partial charge in [-0.25, -0.2) is 0 Å². The van der Waals surface area contributed by atoms with Crippen molar-refractivity contribution in [3.63, 3.8) is 0 Å². The molecule has 2 heteroatoms. The molecule has 3 rings (SSSR count).